The Morgan fingerprint density at radius 3 is 2.68 bits per heavy atom. The van der Waals surface area contributed by atoms with Gasteiger partial charge in [0.2, 0.25) is 11.7 Å². The lowest BCUT2D eigenvalue weighted by molar-refractivity contribution is 0.215. The summed E-state index contributed by atoms with van der Waals surface area (Å²) in [4.78, 5) is 10.4. The number of aryl methyl sites for hydroxylation is 1. The van der Waals surface area contributed by atoms with Crippen LogP contribution in [0.25, 0.3) is 10.7 Å². The van der Waals surface area contributed by atoms with Crippen molar-refractivity contribution in [3.8, 4) is 10.7 Å². The molecule has 0 atom stereocenters. The first-order valence-electron chi connectivity index (χ1n) is 8.61. The topological polar surface area (TPSA) is 45.4 Å². The van der Waals surface area contributed by atoms with Crippen LogP contribution in [0.4, 0.5) is 5.69 Å². The van der Waals surface area contributed by atoms with Crippen molar-refractivity contribution < 1.29 is 4.52 Å². The number of nitrogens with zero attached hydrogens (tertiary/aromatic N) is 4. The molecule has 0 spiro atoms. The highest BCUT2D eigenvalue weighted by molar-refractivity contribution is 7.13. The molecule has 0 N–H and O–H groups in total. The van der Waals surface area contributed by atoms with Gasteiger partial charge >= 0.3 is 0 Å². The Morgan fingerprint density at radius 2 is 1.92 bits per heavy atom. The van der Waals surface area contributed by atoms with Gasteiger partial charge in [-0.3, -0.25) is 4.90 Å². The Bertz CT molecular complexity index is 835. The van der Waals surface area contributed by atoms with Crippen molar-refractivity contribution in [2.24, 2.45) is 0 Å². The molecule has 2 aromatic heterocycles. The van der Waals surface area contributed by atoms with E-state index in [9.17, 15) is 0 Å². The van der Waals surface area contributed by atoms with Gasteiger partial charge in [-0.2, -0.15) is 4.98 Å². The molecule has 0 unspecified atom stereocenters. The second-order valence-corrected chi connectivity index (χ2v) is 7.42. The van der Waals surface area contributed by atoms with Gasteiger partial charge in [0.15, 0.2) is 0 Å². The molecule has 3 heterocycles. The fourth-order valence-electron chi connectivity index (χ4n) is 3.24. The molecule has 5 nitrogen and oxygen atoms in total. The van der Waals surface area contributed by atoms with Crippen LogP contribution in [-0.2, 0) is 6.54 Å². The molecule has 25 heavy (non-hydrogen) atoms. The molecule has 1 saturated heterocycles. The van der Waals surface area contributed by atoms with Crippen molar-refractivity contribution in [3.05, 3.63) is 52.7 Å². The van der Waals surface area contributed by atoms with Crippen LogP contribution >= 0.6 is 11.3 Å². The van der Waals surface area contributed by atoms with E-state index < -0.39 is 0 Å². The van der Waals surface area contributed by atoms with Crippen LogP contribution in [0.15, 0.2) is 40.2 Å². The SMILES string of the molecule is Cc1cccc(N2CCN(Cc3nc(-c4cccs4)no3)CC2)c1C. The third-order valence-electron chi connectivity index (χ3n) is 4.86. The first-order chi connectivity index (χ1) is 12.2. The van der Waals surface area contributed by atoms with Gasteiger partial charge in [-0.15, -0.1) is 11.3 Å². The van der Waals surface area contributed by atoms with E-state index in [-0.39, 0.29) is 0 Å². The summed E-state index contributed by atoms with van der Waals surface area (Å²) in [7, 11) is 0. The summed E-state index contributed by atoms with van der Waals surface area (Å²) < 4.78 is 5.43. The van der Waals surface area contributed by atoms with Gasteiger partial charge in [-0.1, -0.05) is 23.4 Å². The Hall–Kier alpha value is -2.18. The van der Waals surface area contributed by atoms with Crippen molar-refractivity contribution in [1.29, 1.82) is 0 Å². The lowest BCUT2D eigenvalue weighted by Gasteiger charge is -2.36. The fraction of sp³-hybridized carbons (Fsp3) is 0.368. The maximum absolute atomic E-state index is 5.43. The predicted octanol–water partition coefficient (Wildman–Crippen LogP) is 3.74. The molecule has 6 heteroatoms. The zero-order valence-electron chi connectivity index (χ0n) is 14.6. The Balaban J connectivity index is 1.37. The standard InChI is InChI=1S/C19H22N4OS/c1-14-5-3-6-16(15(14)2)23-10-8-22(9-11-23)13-18-20-19(21-24-18)17-7-4-12-25-17/h3-7,12H,8-11,13H2,1-2H3. The van der Waals surface area contributed by atoms with Gasteiger partial charge in [0.05, 0.1) is 11.4 Å². The molecule has 3 aromatic rings. The molecule has 0 amide bonds. The first-order valence-corrected chi connectivity index (χ1v) is 9.48. The molecular formula is C19H22N4OS. The van der Waals surface area contributed by atoms with E-state index in [0.29, 0.717) is 11.7 Å². The zero-order chi connectivity index (χ0) is 17.2. The zero-order valence-corrected chi connectivity index (χ0v) is 15.4. The quantitative estimate of drug-likeness (QED) is 0.714. The van der Waals surface area contributed by atoms with Crippen LogP contribution in [-0.4, -0.2) is 41.2 Å². The number of aromatic nitrogens is 2. The minimum atomic E-state index is 0.694. The van der Waals surface area contributed by atoms with Crippen LogP contribution in [0.3, 0.4) is 0 Å². The monoisotopic (exact) mass is 354 g/mol. The van der Waals surface area contributed by atoms with Gasteiger partial charge in [0, 0.05) is 31.9 Å². The minimum Gasteiger partial charge on any atom is -0.369 e. The maximum atomic E-state index is 5.43. The van der Waals surface area contributed by atoms with E-state index in [1.165, 1.54) is 16.8 Å². The van der Waals surface area contributed by atoms with Crippen LogP contribution < -0.4 is 4.90 Å². The normalized spacial score (nSPS) is 15.7. The molecule has 0 saturated carbocycles. The van der Waals surface area contributed by atoms with Gasteiger partial charge < -0.3 is 9.42 Å². The van der Waals surface area contributed by atoms with Gasteiger partial charge in [-0.25, -0.2) is 0 Å². The van der Waals surface area contributed by atoms with Crippen LogP contribution in [0.5, 0.6) is 0 Å². The summed E-state index contributed by atoms with van der Waals surface area (Å²) in [6.07, 6.45) is 0. The van der Waals surface area contributed by atoms with E-state index in [1.54, 1.807) is 11.3 Å². The average molecular weight is 354 g/mol. The molecule has 1 aliphatic heterocycles. The fourth-order valence-corrected chi connectivity index (χ4v) is 3.89. The lowest BCUT2D eigenvalue weighted by atomic mass is 10.1. The van der Waals surface area contributed by atoms with Crippen LogP contribution in [0.2, 0.25) is 0 Å². The van der Waals surface area contributed by atoms with Gasteiger partial charge in [0.25, 0.3) is 0 Å². The molecule has 4 rings (SSSR count). The number of piperazine rings is 1. The van der Waals surface area contributed by atoms with E-state index in [2.05, 4.69) is 52.0 Å². The number of anilines is 1. The second kappa shape index (κ2) is 6.98. The smallest absolute Gasteiger partial charge is 0.241 e. The molecule has 1 fully saturated rings. The summed E-state index contributed by atoms with van der Waals surface area (Å²) in [6, 6.07) is 10.6. The third kappa shape index (κ3) is 3.45. The first kappa shape index (κ1) is 16.3. The molecule has 0 bridgehead atoms. The number of hydrogen-bond donors (Lipinski definition) is 0. The number of hydrogen-bond acceptors (Lipinski definition) is 6. The van der Waals surface area contributed by atoms with Crippen molar-refractivity contribution in [1.82, 2.24) is 15.0 Å². The van der Waals surface area contributed by atoms with Crippen molar-refractivity contribution in [2.45, 2.75) is 20.4 Å². The predicted molar refractivity (Wildman–Crippen MR) is 101 cm³/mol. The van der Waals surface area contributed by atoms with Crippen molar-refractivity contribution in [3.63, 3.8) is 0 Å². The number of rotatable bonds is 4. The maximum Gasteiger partial charge on any atom is 0.241 e. The van der Waals surface area contributed by atoms with Crippen molar-refractivity contribution >= 4 is 17.0 Å². The van der Waals surface area contributed by atoms with E-state index in [4.69, 9.17) is 4.52 Å². The largest absolute Gasteiger partial charge is 0.369 e. The molecule has 1 aromatic carbocycles. The molecule has 0 radical (unpaired) electrons. The Morgan fingerprint density at radius 1 is 1.08 bits per heavy atom. The molecule has 0 aliphatic carbocycles. The highest BCUT2D eigenvalue weighted by Crippen LogP contribution is 2.25. The summed E-state index contributed by atoms with van der Waals surface area (Å²) in [6.45, 7) is 9.16. The second-order valence-electron chi connectivity index (χ2n) is 6.47. The van der Waals surface area contributed by atoms with E-state index in [0.717, 1.165) is 37.6 Å². The Kier molecular flexibility index (Phi) is 4.55. The van der Waals surface area contributed by atoms with E-state index >= 15 is 0 Å². The third-order valence-corrected chi connectivity index (χ3v) is 5.72. The summed E-state index contributed by atoms with van der Waals surface area (Å²) in [5.74, 6) is 1.39. The highest BCUT2D eigenvalue weighted by atomic mass is 32.1. The van der Waals surface area contributed by atoms with Crippen LogP contribution in [0.1, 0.15) is 17.0 Å². The van der Waals surface area contributed by atoms with E-state index in [1.807, 2.05) is 17.5 Å². The molecular weight excluding hydrogens is 332 g/mol. The summed E-state index contributed by atoms with van der Waals surface area (Å²) >= 11 is 1.63. The Labute approximate surface area is 151 Å². The highest BCUT2D eigenvalue weighted by Gasteiger charge is 2.21. The van der Waals surface area contributed by atoms with Crippen molar-refractivity contribution in [2.75, 3.05) is 31.1 Å². The summed E-state index contributed by atoms with van der Waals surface area (Å²) in [5, 5.41) is 6.12. The van der Waals surface area contributed by atoms with Gasteiger partial charge in [-0.05, 0) is 42.5 Å². The average Bonchev–Trinajstić information content (AvgIpc) is 3.30. The molecule has 1 aliphatic rings. The van der Waals surface area contributed by atoms with Gasteiger partial charge in [0.1, 0.15) is 0 Å². The number of benzene rings is 1. The van der Waals surface area contributed by atoms with Crippen LogP contribution in [0, 0.1) is 13.8 Å². The number of thiophene rings is 1. The lowest BCUT2D eigenvalue weighted by Crippen LogP contribution is -2.46. The molecule has 130 valence electrons. The summed E-state index contributed by atoms with van der Waals surface area (Å²) in [5.41, 5.74) is 4.10. The minimum absolute atomic E-state index is 0.694.